The Bertz CT molecular complexity index is 826. The van der Waals surface area contributed by atoms with Gasteiger partial charge in [-0.2, -0.15) is 13.2 Å². The third-order valence-corrected chi connectivity index (χ3v) is 5.07. The highest BCUT2D eigenvalue weighted by molar-refractivity contribution is 6.30. The molecule has 2 aliphatic rings. The average molecular weight is 450 g/mol. The molecule has 3 amide bonds. The number of nitrogens with one attached hydrogen (secondary N) is 2. The summed E-state index contributed by atoms with van der Waals surface area (Å²) in [6.45, 7) is 4.49. The molecule has 1 aliphatic carbocycles. The minimum absolute atomic E-state index is 0.00483. The summed E-state index contributed by atoms with van der Waals surface area (Å²) in [7, 11) is 0. The molecule has 0 radical (unpaired) electrons. The van der Waals surface area contributed by atoms with Crippen LogP contribution in [0.1, 0.15) is 45.2 Å². The van der Waals surface area contributed by atoms with Crippen LogP contribution in [0.15, 0.2) is 6.07 Å². The van der Waals surface area contributed by atoms with E-state index in [1.165, 1.54) is 6.07 Å². The van der Waals surface area contributed by atoms with Crippen molar-refractivity contribution >= 4 is 29.4 Å². The molecule has 0 aromatic carbocycles. The van der Waals surface area contributed by atoms with Crippen molar-refractivity contribution in [1.29, 1.82) is 0 Å². The van der Waals surface area contributed by atoms with E-state index in [1.807, 2.05) is 5.32 Å². The molecule has 2 heterocycles. The summed E-state index contributed by atoms with van der Waals surface area (Å²) in [5.41, 5.74) is -0.459. The zero-order chi connectivity index (χ0) is 22.3. The number of carbonyl (C=O) groups excluding carboxylic acids is 2. The molecule has 0 spiro atoms. The fourth-order valence-corrected chi connectivity index (χ4v) is 3.03. The van der Waals surface area contributed by atoms with Crippen LogP contribution in [-0.4, -0.2) is 58.5 Å². The Morgan fingerprint density at radius 1 is 1.37 bits per heavy atom. The van der Waals surface area contributed by atoms with E-state index < -0.39 is 36.3 Å². The van der Waals surface area contributed by atoms with E-state index in [9.17, 15) is 22.8 Å². The van der Waals surface area contributed by atoms with Gasteiger partial charge in [-0.3, -0.25) is 4.79 Å². The highest BCUT2D eigenvalue weighted by atomic mass is 35.5. The Morgan fingerprint density at radius 3 is 2.57 bits per heavy atom. The summed E-state index contributed by atoms with van der Waals surface area (Å²) in [6, 6.07) is -2.39. The second kappa shape index (κ2) is 8.18. The topological polar surface area (TPSA) is 96.5 Å². The lowest BCUT2D eigenvalue weighted by Gasteiger charge is -2.28. The Hall–Kier alpha value is -2.14. The number of ether oxygens (including phenoxy) is 1. The van der Waals surface area contributed by atoms with Gasteiger partial charge in [-0.1, -0.05) is 32.4 Å². The molecule has 1 aromatic rings. The van der Waals surface area contributed by atoms with Gasteiger partial charge in [0.05, 0.1) is 25.3 Å². The molecule has 0 bridgehead atoms. The third-order valence-electron chi connectivity index (χ3n) is 4.78. The molecule has 3 rings (SSSR count). The number of rotatable bonds is 6. The van der Waals surface area contributed by atoms with E-state index in [0.29, 0.717) is 0 Å². The van der Waals surface area contributed by atoms with Crippen LogP contribution < -0.4 is 10.6 Å². The first-order chi connectivity index (χ1) is 13.9. The van der Waals surface area contributed by atoms with Crippen molar-refractivity contribution < 1.29 is 27.5 Å². The van der Waals surface area contributed by atoms with Crippen LogP contribution in [0.5, 0.6) is 0 Å². The fraction of sp³-hybridized carbons (Fsp3) is 0.667. The van der Waals surface area contributed by atoms with Crippen LogP contribution in [0.25, 0.3) is 0 Å². The predicted octanol–water partition coefficient (Wildman–Crippen LogP) is 3.29. The quantitative estimate of drug-likeness (QED) is 0.694. The van der Waals surface area contributed by atoms with E-state index in [2.05, 4.69) is 15.5 Å². The van der Waals surface area contributed by atoms with Crippen LogP contribution in [0.2, 0.25) is 5.15 Å². The number of halogens is 4. The molecule has 2 fully saturated rings. The molecule has 0 unspecified atom stereocenters. The Kier molecular flexibility index (Phi) is 6.15. The number of urea groups is 1. The SMILES string of the molecule is CC(C)(C)C(=O)Nc1cc([C@@H](COC2CC2)N2C[C@@H](C(F)(F)F)NC2=O)c(Cl)nn1. The summed E-state index contributed by atoms with van der Waals surface area (Å²) >= 11 is 6.18. The van der Waals surface area contributed by atoms with Crippen molar-refractivity contribution in [1.82, 2.24) is 20.4 Å². The molecular formula is C18H23ClF3N5O3. The second-order valence-electron chi connectivity index (χ2n) is 8.42. The maximum Gasteiger partial charge on any atom is 0.410 e. The van der Waals surface area contributed by atoms with Crippen molar-refractivity contribution in [2.45, 2.75) is 58.0 Å². The van der Waals surface area contributed by atoms with Gasteiger partial charge in [0.2, 0.25) is 5.91 Å². The number of nitrogens with zero attached hydrogens (tertiary/aromatic N) is 3. The molecule has 166 valence electrons. The van der Waals surface area contributed by atoms with Gasteiger partial charge in [0, 0.05) is 11.0 Å². The smallest absolute Gasteiger partial charge is 0.376 e. The van der Waals surface area contributed by atoms with Gasteiger partial charge in [0.25, 0.3) is 0 Å². The zero-order valence-corrected chi connectivity index (χ0v) is 17.5. The molecule has 1 saturated heterocycles. The number of carbonyl (C=O) groups is 2. The molecular weight excluding hydrogens is 427 g/mol. The summed E-state index contributed by atoms with van der Waals surface area (Å²) in [5.74, 6) is -0.246. The van der Waals surface area contributed by atoms with Crippen LogP contribution in [0.4, 0.5) is 23.8 Å². The molecule has 1 aliphatic heterocycles. The van der Waals surface area contributed by atoms with E-state index in [4.69, 9.17) is 16.3 Å². The van der Waals surface area contributed by atoms with E-state index in [0.717, 1.165) is 17.7 Å². The highest BCUT2D eigenvalue weighted by Gasteiger charge is 2.49. The minimum atomic E-state index is -4.58. The zero-order valence-electron chi connectivity index (χ0n) is 16.7. The first-order valence-corrected chi connectivity index (χ1v) is 9.84. The number of aromatic nitrogens is 2. The van der Waals surface area contributed by atoms with Gasteiger partial charge >= 0.3 is 12.2 Å². The van der Waals surface area contributed by atoms with E-state index in [-0.39, 0.29) is 35.2 Å². The third kappa shape index (κ3) is 5.31. The van der Waals surface area contributed by atoms with Crippen molar-refractivity contribution in [2.24, 2.45) is 5.41 Å². The molecule has 2 N–H and O–H groups in total. The second-order valence-corrected chi connectivity index (χ2v) is 8.78. The van der Waals surface area contributed by atoms with Gasteiger partial charge in [-0.25, -0.2) is 4.79 Å². The Labute approximate surface area is 176 Å². The lowest BCUT2D eigenvalue weighted by molar-refractivity contribution is -0.150. The van der Waals surface area contributed by atoms with Crippen molar-refractivity contribution in [3.63, 3.8) is 0 Å². The summed E-state index contributed by atoms with van der Waals surface area (Å²) in [5, 5.41) is 12.1. The molecule has 2 atom stereocenters. The van der Waals surface area contributed by atoms with E-state index in [1.54, 1.807) is 20.8 Å². The lowest BCUT2D eigenvalue weighted by Crippen LogP contribution is -2.40. The standard InChI is InChI=1S/C18H23ClF3N5O3/c1-17(2,3)15(28)24-13-6-10(14(19)26-25-13)11(8-30-9-4-5-9)27-7-12(18(20,21)22)23-16(27)29/h6,9,11-12H,4-5,7-8H2,1-3H3,(H,23,29)(H,24,25,28)/t11-,12+/m1/s1. The van der Waals surface area contributed by atoms with Crippen molar-refractivity contribution in [3.8, 4) is 0 Å². The van der Waals surface area contributed by atoms with Crippen LogP contribution >= 0.6 is 11.6 Å². The summed E-state index contributed by atoms with van der Waals surface area (Å²) in [4.78, 5) is 25.6. The molecule has 8 nitrogen and oxygen atoms in total. The molecule has 12 heteroatoms. The number of hydrogen-bond donors (Lipinski definition) is 2. The van der Waals surface area contributed by atoms with Crippen LogP contribution in [-0.2, 0) is 9.53 Å². The predicted molar refractivity (Wildman–Crippen MR) is 102 cm³/mol. The Morgan fingerprint density at radius 2 is 2.03 bits per heavy atom. The van der Waals surface area contributed by atoms with E-state index >= 15 is 0 Å². The maximum absolute atomic E-state index is 13.1. The number of amides is 3. The number of anilines is 1. The van der Waals surface area contributed by atoms with Crippen LogP contribution in [0.3, 0.4) is 0 Å². The van der Waals surface area contributed by atoms with Crippen molar-refractivity contribution in [2.75, 3.05) is 18.5 Å². The molecule has 1 aromatic heterocycles. The maximum atomic E-state index is 13.1. The van der Waals surface area contributed by atoms with Gasteiger partial charge in [-0.15, -0.1) is 10.2 Å². The highest BCUT2D eigenvalue weighted by Crippen LogP contribution is 2.35. The van der Waals surface area contributed by atoms with Gasteiger partial charge in [0.1, 0.15) is 6.04 Å². The fourth-order valence-electron chi connectivity index (χ4n) is 2.81. The van der Waals surface area contributed by atoms with Gasteiger partial charge in [0.15, 0.2) is 11.0 Å². The Balaban J connectivity index is 1.89. The molecule has 1 saturated carbocycles. The van der Waals surface area contributed by atoms with Gasteiger partial charge < -0.3 is 20.3 Å². The van der Waals surface area contributed by atoms with Crippen LogP contribution in [0, 0.1) is 5.41 Å². The first-order valence-electron chi connectivity index (χ1n) is 9.46. The summed E-state index contributed by atoms with van der Waals surface area (Å²) in [6.07, 6.45) is -2.89. The van der Waals surface area contributed by atoms with Gasteiger partial charge in [-0.05, 0) is 18.9 Å². The summed E-state index contributed by atoms with van der Waals surface area (Å²) < 4.78 is 45.1. The normalized spacial score (nSPS) is 20.8. The first kappa shape index (κ1) is 22.5. The number of alkyl halides is 3. The largest absolute Gasteiger partial charge is 0.410 e. The average Bonchev–Trinajstić information content (AvgIpc) is 3.37. The minimum Gasteiger partial charge on any atom is -0.376 e. The van der Waals surface area contributed by atoms with Crippen molar-refractivity contribution in [3.05, 3.63) is 16.8 Å². The molecule has 30 heavy (non-hydrogen) atoms. The monoisotopic (exact) mass is 449 g/mol. The lowest BCUT2D eigenvalue weighted by atomic mass is 9.96. The number of hydrogen-bond acceptors (Lipinski definition) is 5.